The van der Waals surface area contributed by atoms with Crippen LogP contribution >= 0.6 is 15.9 Å². The number of carbonyl (C=O) groups is 1. The van der Waals surface area contributed by atoms with E-state index in [0.717, 1.165) is 12.5 Å². The molecule has 76 valence electrons. The van der Waals surface area contributed by atoms with E-state index in [9.17, 15) is 4.79 Å². The molecule has 0 spiro atoms. The van der Waals surface area contributed by atoms with Gasteiger partial charge in [-0.2, -0.15) is 0 Å². The molecule has 1 aliphatic rings. The minimum absolute atomic E-state index is 0.181. The largest absolute Gasteiger partial charge is 0.355 e. The second-order valence-electron chi connectivity index (χ2n) is 4.26. The fourth-order valence-electron chi connectivity index (χ4n) is 1.28. The summed E-state index contributed by atoms with van der Waals surface area (Å²) in [5.74, 6) is 1.44. The van der Waals surface area contributed by atoms with Gasteiger partial charge in [-0.05, 0) is 24.7 Å². The van der Waals surface area contributed by atoms with Crippen LogP contribution in [0.15, 0.2) is 0 Å². The van der Waals surface area contributed by atoms with E-state index in [1.54, 1.807) is 0 Å². The van der Waals surface area contributed by atoms with Crippen molar-refractivity contribution in [3.05, 3.63) is 0 Å². The van der Waals surface area contributed by atoms with Crippen LogP contribution in [0.2, 0.25) is 0 Å². The van der Waals surface area contributed by atoms with Gasteiger partial charge in [-0.15, -0.1) is 0 Å². The van der Waals surface area contributed by atoms with E-state index in [1.807, 2.05) is 0 Å². The molecule has 1 N–H and O–H groups in total. The quantitative estimate of drug-likeness (QED) is 0.743. The predicted molar refractivity (Wildman–Crippen MR) is 57.9 cm³/mol. The molecule has 1 rings (SSSR count). The monoisotopic (exact) mass is 247 g/mol. The fraction of sp³-hybridized carbons (Fsp3) is 0.900. The number of amides is 1. The van der Waals surface area contributed by atoms with Gasteiger partial charge in [0, 0.05) is 17.8 Å². The number of rotatable bonds is 5. The minimum atomic E-state index is 0.181. The van der Waals surface area contributed by atoms with Gasteiger partial charge in [-0.1, -0.05) is 29.8 Å². The highest BCUT2D eigenvalue weighted by Crippen LogP contribution is 2.36. The third kappa shape index (κ3) is 4.65. The smallest absolute Gasteiger partial charge is 0.220 e. The van der Waals surface area contributed by atoms with Gasteiger partial charge in [0.25, 0.3) is 0 Å². The van der Waals surface area contributed by atoms with E-state index < -0.39 is 0 Å². The summed E-state index contributed by atoms with van der Waals surface area (Å²) < 4.78 is 0. The molecule has 2 nitrogen and oxygen atoms in total. The molecule has 1 saturated carbocycles. The molecule has 0 bridgehead atoms. The Kier molecular flexibility index (Phi) is 4.23. The van der Waals surface area contributed by atoms with Crippen LogP contribution in [0.4, 0.5) is 0 Å². The molecule has 0 aliphatic heterocycles. The molecule has 0 aromatic heterocycles. The van der Waals surface area contributed by atoms with Gasteiger partial charge in [0.2, 0.25) is 5.91 Å². The van der Waals surface area contributed by atoms with Gasteiger partial charge in [-0.25, -0.2) is 0 Å². The Hall–Kier alpha value is -0.0500. The average molecular weight is 248 g/mol. The highest BCUT2D eigenvalue weighted by molar-refractivity contribution is 9.09. The maximum absolute atomic E-state index is 11.3. The van der Waals surface area contributed by atoms with Gasteiger partial charge < -0.3 is 5.32 Å². The average Bonchev–Trinajstić information content (AvgIpc) is 2.80. The lowest BCUT2D eigenvalue weighted by atomic mass is 10.1. The lowest BCUT2D eigenvalue weighted by Crippen LogP contribution is -2.31. The zero-order valence-corrected chi connectivity index (χ0v) is 9.93. The van der Waals surface area contributed by atoms with Crippen molar-refractivity contribution in [3.8, 4) is 0 Å². The van der Waals surface area contributed by atoms with Gasteiger partial charge in [-0.3, -0.25) is 4.79 Å². The van der Waals surface area contributed by atoms with Crippen molar-refractivity contribution in [1.82, 2.24) is 5.32 Å². The molecule has 0 aromatic rings. The van der Waals surface area contributed by atoms with Crippen LogP contribution in [0.5, 0.6) is 0 Å². The summed E-state index contributed by atoms with van der Waals surface area (Å²) in [7, 11) is 0. The number of alkyl halides is 1. The summed E-state index contributed by atoms with van der Waals surface area (Å²) in [5, 5.41) is 2.95. The molecular formula is C10H18BrNO. The molecule has 1 fully saturated rings. The van der Waals surface area contributed by atoms with E-state index in [-0.39, 0.29) is 5.91 Å². The maximum atomic E-state index is 11.3. The fourth-order valence-corrected chi connectivity index (χ4v) is 1.97. The topological polar surface area (TPSA) is 29.1 Å². The van der Waals surface area contributed by atoms with Crippen molar-refractivity contribution in [3.63, 3.8) is 0 Å². The first-order chi connectivity index (χ1) is 6.09. The molecule has 1 atom stereocenters. The summed E-state index contributed by atoms with van der Waals surface area (Å²) in [6.07, 6.45) is 3.27. The van der Waals surface area contributed by atoms with Gasteiger partial charge in [0.05, 0.1) is 0 Å². The second-order valence-corrected chi connectivity index (χ2v) is 5.43. The summed E-state index contributed by atoms with van der Waals surface area (Å²) in [5.41, 5.74) is 0. The second kappa shape index (κ2) is 4.99. The molecule has 1 aliphatic carbocycles. The van der Waals surface area contributed by atoms with Crippen molar-refractivity contribution in [1.29, 1.82) is 0 Å². The molecule has 0 heterocycles. The van der Waals surface area contributed by atoms with Crippen LogP contribution < -0.4 is 5.32 Å². The third-order valence-electron chi connectivity index (χ3n) is 2.22. The molecule has 3 heteroatoms. The molecular weight excluding hydrogens is 230 g/mol. The number of carbonyl (C=O) groups excluding carboxylic acids is 1. The SMILES string of the molecule is CC(C)CC(=O)NCC(Br)C1CC1. The lowest BCUT2D eigenvalue weighted by Gasteiger charge is -2.10. The third-order valence-corrected chi connectivity index (χ3v) is 3.29. The van der Waals surface area contributed by atoms with Crippen LogP contribution in [0.1, 0.15) is 33.1 Å². The molecule has 0 aromatic carbocycles. The summed E-state index contributed by atoms with van der Waals surface area (Å²) in [4.78, 5) is 11.8. The maximum Gasteiger partial charge on any atom is 0.220 e. The Labute approximate surface area is 88.6 Å². The lowest BCUT2D eigenvalue weighted by molar-refractivity contribution is -0.121. The van der Waals surface area contributed by atoms with Crippen molar-refractivity contribution < 1.29 is 4.79 Å². The molecule has 0 radical (unpaired) electrons. The first kappa shape index (κ1) is 11.0. The standard InChI is InChI=1S/C10H18BrNO/c1-7(2)5-10(13)12-6-9(11)8-3-4-8/h7-9H,3-6H2,1-2H3,(H,12,13). The molecule has 1 amide bonds. The molecule has 0 saturated heterocycles. The summed E-state index contributed by atoms with van der Waals surface area (Å²) in [6.45, 7) is 4.91. The Bertz CT molecular complexity index is 178. The number of hydrogen-bond donors (Lipinski definition) is 1. The van der Waals surface area contributed by atoms with Crippen molar-refractivity contribution >= 4 is 21.8 Å². The van der Waals surface area contributed by atoms with E-state index in [2.05, 4.69) is 35.1 Å². The van der Waals surface area contributed by atoms with Crippen LogP contribution in [-0.2, 0) is 4.79 Å². The summed E-state index contributed by atoms with van der Waals surface area (Å²) >= 11 is 3.58. The predicted octanol–water partition coefficient (Wildman–Crippen LogP) is 2.32. The Morgan fingerprint density at radius 1 is 1.54 bits per heavy atom. The highest BCUT2D eigenvalue weighted by atomic mass is 79.9. The van der Waals surface area contributed by atoms with E-state index in [4.69, 9.17) is 0 Å². The van der Waals surface area contributed by atoms with E-state index in [0.29, 0.717) is 17.2 Å². The Balaban J connectivity index is 2.06. The van der Waals surface area contributed by atoms with E-state index in [1.165, 1.54) is 12.8 Å². The zero-order valence-electron chi connectivity index (χ0n) is 8.35. The number of halogens is 1. The van der Waals surface area contributed by atoms with E-state index >= 15 is 0 Å². The van der Waals surface area contributed by atoms with Gasteiger partial charge >= 0.3 is 0 Å². The van der Waals surface area contributed by atoms with Crippen molar-refractivity contribution in [2.24, 2.45) is 11.8 Å². The van der Waals surface area contributed by atoms with Gasteiger partial charge in [0.1, 0.15) is 0 Å². The minimum Gasteiger partial charge on any atom is -0.355 e. The normalized spacial score (nSPS) is 18.8. The van der Waals surface area contributed by atoms with Crippen molar-refractivity contribution in [2.45, 2.75) is 37.9 Å². The Morgan fingerprint density at radius 3 is 2.62 bits per heavy atom. The van der Waals surface area contributed by atoms with Crippen LogP contribution in [-0.4, -0.2) is 17.3 Å². The van der Waals surface area contributed by atoms with Crippen LogP contribution in [0, 0.1) is 11.8 Å². The summed E-state index contributed by atoms with van der Waals surface area (Å²) in [6, 6.07) is 0. The highest BCUT2D eigenvalue weighted by Gasteiger charge is 2.29. The first-order valence-corrected chi connectivity index (χ1v) is 5.92. The number of hydrogen-bond acceptors (Lipinski definition) is 1. The molecule has 1 unspecified atom stereocenters. The number of nitrogens with one attached hydrogen (secondary N) is 1. The first-order valence-electron chi connectivity index (χ1n) is 5.00. The van der Waals surface area contributed by atoms with Crippen LogP contribution in [0.25, 0.3) is 0 Å². The molecule has 13 heavy (non-hydrogen) atoms. The van der Waals surface area contributed by atoms with Gasteiger partial charge in [0.15, 0.2) is 0 Å². The zero-order chi connectivity index (χ0) is 9.84. The van der Waals surface area contributed by atoms with Crippen LogP contribution in [0.3, 0.4) is 0 Å². The van der Waals surface area contributed by atoms with Crippen molar-refractivity contribution in [2.75, 3.05) is 6.54 Å². The Morgan fingerprint density at radius 2 is 2.15 bits per heavy atom.